The van der Waals surface area contributed by atoms with Crippen molar-refractivity contribution in [3.8, 4) is 6.07 Å². The van der Waals surface area contributed by atoms with Crippen LogP contribution >= 0.6 is 0 Å². The lowest BCUT2D eigenvalue weighted by molar-refractivity contribution is 0.103. The first-order valence-electron chi connectivity index (χ1n) is 7.95. The predicted molar refractivity (Wildman–Crippen MR) is 94.9 cm³/mol. The molecule has 0 bridgehead atoms. The topological polar surface area (TPSA) is 40.9 Å². The van der Waals surface area contributed by atoms with Gasteiger partial charge in [0.05, 0.1) is 12.0 Å². The van der Waals surface area contributed by atoms with E-state index in [-0.39, 0.29) is 17.5 Å². The Morgan fingerprint density at radius 2 is 1.28 bits per heavy atom. The highest BCUT2D eigenvalue weighted by Crippen LogP contribution is 2.25. The molecule has 3 aromatic carbocycles. The minimum atomic E-state index is -0.379. The molecule has 0 N–H and O–H groups in total. The fourth-order valence-corrected chi connectivity index (χ4v) is 2.70. The minimum absolute atomic E-state index is 0.171. The first-order chi connectivity index (χ1) is 12.1. The molecule has 0 aromatic heterocycles. The number of hydrogen-bond donors (Lipinski definition) is 0. The third-order valence-electron chi connectivity index (χ3n) is 4.15. The molecule has 2 nitrogen and oxygen atoms in total. The van der Waals surface area contributed by atoms with Gasteiger partial charge in [-0.15, -0.1) is 0 Å². The average molecular weight is 329 g/mol. The van der Waals surface area contributed by atoms with Gasteiger partial charge in [-0.3, -0.25) is 4.79 Å². The summed E-state index contributed by atoms with van der Waals surface area (Å²) in [5, 5.41) is 9.53. The van der Waals surface area contributed by atoms with E-state index in [9.17, 15) is 14.4 Å². The van der Waals surface area contributed by atoms with E-state index < -0.39 is 0 Å². The molecule has 0 amide bonds. The van der Waals surface area contributed by atoms with Crippen LogP contribution in [-0.2, 0) is 0 Å². The van der Waals surface area contributed by atoms with E-state index in [1.807, 2.05) is 31.2 Å². The van der Waals surface area contributed by atoms with Crippen molar-refractivity contribution < 1.29 is 9.18 Å². The largest absolute Gasteiger partial charge is 0.289 e. The van der Waals surface area contributed by atoms with Crippen molar-refractivity contribution in [2.24, 2.45) is 0 Å². The molecule has 1 atom stereocenters. The van der Waals surface area contributed by atoms with Crippen molar-refractivity contribution >= 4 is 5.78 Å². The molecule has 0 unspecified atom stereocenters. The number of ketones is 1. The Morgan fingerprint density at radius 1 is 0.840 bits per heavy atom. The van der Waals surface area contributed by atoms with Crippen LogP contribution in [0.5, 0.6) is 0 Å². The lowest BCUT2D eigenvalue weighted by atomic mass is 9.91. The number of carbonyl (C=O) groups excluding carboxylic acids is 1. The zero-order valence-corrected chi connectivity index (χ0v) is 13.7. The summed E-state index contributed by atoms with van der Waals surface area (Å²) in [5.74, 6) is -0.923. The summed E-state index contributed by atoms with van der Waals surface area (Å²) >= 11 is 0. The van der Waals surface area contributed by atoms with Gasteiger partial charge in [0.15, 0.2) is 5.78 Å². The van der Waals surface area contributed by atoms with Crippen molar-refractivity contribution in [3.63, 3.8) is 0 Å². The van der Waals surface area contributed by atoms with Gasteiger partial charge in [0.25, 0.3) is 0 Å². The number of nitrogens with zero attached hydrogens (tertiary/aromatic N) is 1. The maximum Gasteiger partial charge on any atom is 0.193 e. The highest BCUT2D eigenvalue weighted by atomic mass is 19.1. The lowest BCUT2D eigenvalue weighted by Crippen LogP contribution is -2.03. The van der Waals surface area contributed by atoms with Crippen LogP contribution in [0.2, 0.25) is 0 Å². The van der Waals surface area contributed by atoms with E-state index in [2.05, 4.69) is 6.07 Å². The van der Waals surface area contributed by atoms with Crippen LogP contribution in [-0.4, -0.2) is 5.78 Å². The van der Waals surface area contributed by atoms with Gasteiger partial charge in [-0.1, -0.05) is 54.1 Å². The second-order valence-electron chi connectivity index (χ2n) is 5.93. The SMILES string of the molecule is Cc1ccc([C@H](C#N)c2ccc(C(=O)c3ccc(F)cc3)cc2)cc1. The van der Waals surface area contributed by atoms with E-state index in [0.29, 0.717) is 11.1 Å². The molecule has 3 rings (SSSR count). The van der Waals surface area contributed by atoms with Crippen LogP contribution < -0.4 is 0 Å². The standard InChI is InChI=1S/C22H16FNO/c1-15-2-4-16(5-3-15)21(14-24)17-6-8-18(9-7-17)22(25)19-10-12-20(23)13-11-19/h2-13,21H,1H3/t21-/m0/s1. The normalized spacial score (nSPS) is 11.6. The van der Waals surface area contributed by atoms with Gasteiger partial charge in [-0.2, -0.15) is 5.26 Å². The van der Waals surface area contributed by atoms with Crippen LogP contribution in [0, 0.1) is 24.1 Å². The Labute approximate surface area is 146 Å². The van der Waals surface area contributed by atoms with Crippen molar-refractivity contribution in [1.29, 1.82) is 5.26 Å². The number of carbonyl (C=O) groups is 1. The van der Waals surface area contributed by atoms with E-state index in [4.69, 9.17) is 0 Å². The summed E-state index contributed by atoms with van der Waals surface area (Å²) in [6.07, 6.45) is 0. The summed E-state index contributed by atoms with van der Waals surface area (Å²) in [7, 11) is 0. The van der Waals surface area contributed by atoms with Crippen LogP contribution in [0.4, 0.5) is 4.39 Å². The van der Waals surface area contributed by atoms with Crippen LogP contribution in [0.1, 0.15) is 38.5 Å². The number of rotatable bonds is 4. The molecule has 0 spiro atoms. The molecule has 0 heterocycles. The average Bonchev–Trinajstić information content (AvgIpc) is 2.64. The van der Waals surface area contributed by atoms with Crippen LogP contribution in [0.25, 0.3) is 0 Å². The van der Waals surface area contributed by atoms with Gasteiger partial charge in [0, 0.05) is 11.1 Å². The monoisotopic (exact) mass is 329 g/mol. The molecular weight excluding hydrogens is 313 g/mol. The van der Waals surface area contributed by atoms with E-state index in [0.717, 1.165) is 16.7 Å². The molecule has 0 aliphatic heterocycles. The van der Waals surface area contributed by atoms with E-state index >= 15 is 0 Å². The fourth-order valence-electron chi connectivity index (χ4n) is 2.70. The number of hydrogen-bond acceptors (Lipinski definition) is 2. The summed E-state index contributed by atoms with van der Waals surface area (Å²) in [4.78, 5) is 12.4. The summed E-state index contributed by atoms with van der Waals surface area (Å²) < 4.78 is 13.0. The maximum atomic E-state index is 13.0. The molecular formula is C22H16FNO. The molecule has 25 heavy (non-hydrogen) atoms. The number of aryl methyl sites for hydroxylation is 1. The minimum Gasteiger partial charge on any atom is -0.289 e. The Kier molecular flexibility index (Phi) is 4.72. The molecule has 122 valence electrons. The van der Waals surface area contributed by atoms with Gasteiger partial charge in [-0.05, 0) is 42.3 Å². The van der Waals surface area contributed by atoms with E-state index in [1.165, 1.54) is 24.3 Å². The third kappa shape index (κ3) is 3.64. The summed E-state index contributed by atoms with van der Waals surface area (Å²) in [6.45, 7) is 2.00. The van der Waals surface area contributed by atoms with Gasteiger partial charge in [0.1, 0.15) is 5.82 Å². The van der Waals surface area contributed by atoms with Crippen molar-refractivity contribution in [1.82, 2.24) is 0 Å². The Hall–Kier alpha value is -3.25. The zero-order chi connectivity index (χ0) is 17.8. The van der Waals surface area contributed by atoms with Crippen molar-refractivity contribution in [2.75, 3.05) is 0 Å². The van der Waals surface area contributed by atoms with Crippen molar-refractivity contribution in [2.45, 2.75) is 12.8 Å². The quantitative estimate of drug-likeness (QED) is 0.631. The van der Waals surface area contributed by atoms with Gasteiger partial charge < -0.3 is 0 Å². The second-order valence-corrected chi connectivity index (χ2v) is 5.93. The number of benzene rings is 3. The molecule has 3 aromatic rings. The highest BCUT2D eigenvalue weighted by Gasteiger charge is 2.15. The summed E-state index contributed by atoms with van der Waals surface area (Å²) in [5.41, 5.74) is 3.84. The fraction of sp³-hybridized carbons (Fsp3) is 0.0909. The Morgan fingerprint density at radius 3 is 1.76 bits per heavy atom. The Bertz CT molecular complexity index is 920. The molecule has 0 saturated carbocycles. The van der Waals surface area contributed by atoms with Gasteiger partial charge >= 0.3 is 0 Å². The van der Waals surface area contributed by atoms with Crippen LogP contribution in [0.15, 0.2) is 72.8 Å². The summed E-state index contributed by atoms with van der Waals surface area (Å²) in [6, 6.07) is 22.6. The highest BCUT2D eigenvalue weighted by molar-refractivity contribution is 6.08. The van der Waals surface area contributed by atoms with Gasteiger partial charge in [-0.25, -0.2) is 4.39 Å². The van der Waals surface area contributed by atoms with Gasteiger partial charge in [0.2, 0.25) is 0 Å². The predicted octanol–water partition coefficient (Wildman–Crippen LogP) is 5.02. The molecule has 3 heteroatoms. The third-order valence-corrected chi connectivity index (χ3v) is 4.15. The number of halogens is 1. The van der Waals surface area contributed by atoms with E-state index in [1.54, 1.807) is 24.3 Å². The maximum absolute atomic E-state index is 13.0. The molecule has 0 radical (unpaired) electrons. The molecule has 0 saturated heterocycles. The van der Waals surface area contributed by atoms with Crippen molar-refractivity contribution in [3.05, 3.63) is 106 Å². The molecule has 0 aliphatic carbocycles. The second kappa shape index (κ2) is 7.11. The molecule has 0 aliphatic rings. The first kappa shape index (κ1) is 16.6. The first-order valence-corrected chi connectivity index (χ1v) is 7.95. The molecule has 0 fully saturated rings. The smallest absolute Gasteiger partial charge is 0.193 e. The van der Waals surface area contributed by atoms with Crippen LogP contribution in [0.3, 0.4) is 0 Å². The lowest BCUT2D eigenvalue weighted by Gasteiger charge is -2.11. The Balaban J connectivity index is 1.86. The zero-order valence-electron chi connectivity index (χ0n) is 13.7. The number of nitriles is 1.